The maximum absolute atomic E-state index is 11.7. The molecule has 1 saturated heterocycles. The molecular weight excluding hydrogens is 310 g/mol. The molecule has 0 amide bonds. The summed E-state index contributed by atoms with van der Waals surface area (Å²) in [7, 11) is 0. The summed E-state index contributed by atoms with van der Waals surface area (Å²) < 4.78 is 2.15. The molecule has 1 fully saturated rings. The van der Waals surface area contributed by atoms with Gasteiger partial charge in [0.2, 0.25) is 0 Å². The third-order valence-electron chi connectivity index (χ3n) is 5.67. The van der Waals surface area contributed by atoms with Gasteiger partial charge in [-0.15, -0.1) is 0 Å². The molecule has 1 unspecified atom stereocenters. The molecule has 0 spiro atoms. The molecule has 4 heteroatoms. The lowest BCUT2D eigenvalue weighted by Crippen LogP contribution is -2.37. The van der Waals surface area contributed by atoms with Crippen molar-refractivity contribution >= 4 is 5.78 Å². The summed E-state index contributed by atoms with van der Waals surface area (Å²) in [6.07, 6.45) is 11.0. The van der Waals surface area contributed by atoms with Gasteiger partial charge in [0.25, 0.3) is 0 Å². The van der Waals surface area contributed by atoms with Gasteiger partial charge in [-0.25, -0.2) is 0 Å². The third-order valence-corrected chi connectivity index (χ3v) is 5.67. The number of likely N-dealkylation sites (tertiary alicyclic amines) is 1. The van der Waals surface area contributed by atoms with Crippen LogP contribution in [0.25, 0.3) is 0 Å². The van der Waals surface area contributed by atoms with Crippen molar-refractivity contribution in [1.29, 1.82) is 0 Å². The van der Waals surface area contributed by atoms with E-state index in [9.17, 15) is 4.79 Å². The summed E-state index contributed by atoms with van der Waals surface area (Å²) in [4.78, 5) is 14.3. The number of unbranched alkanes of at least 4 members (excludes halogenated alkanes) is 1. The quantitative estimate of drug-likeness (QED) is 0.585. The van der Waals surface area contributed by atoms with E-state index < -0.39 is 0 Å². The minimum atomic E-state index is 0.189. The minimum absolute atomic E-state index is 0.189. The molecule has 0 aromatic carbocycles. The van der Waals surface area contributed by atoms with E-state index in [2.05, 4.69) is 34.7 Å². The van der Waals surface area contributed by atoms with Gasteiger partial charge in [-0.3, -0.25) is 9.48 Å². The monoisotopic (exact) mass is 347 g/mol. The smallest absolute Gasteiger partial charge is 0.135 e. The summed E-state index contributed by atoms with van der Waals surface area (Å²) in [5.41, 5.74) is 1.37. The Hall–Kier alpha value is -1.16. The number of Topliss-reactive ketones (excluding diaryl/α,β-unsaturated/α-hetero) is 1. The minimum Gasteiger partial charge on any atom is -0.303 e. The predicted octanol–water partition coefficient (Wildman–Crippen LogP) is 4.50. The highest BCUT2D eigenvalue weighted by molar-refractivity contribution is 5.80. The van der Waals surface area contributed by atoms with Crippen LogP contribution in [0.15, 0.2) is 12.4 Å². The van der Waals surface area contributed by atoms with Crippen LogP contribution >= 0.6 is 0 Å². The Bertz CT molecular complexity index is 523. The zero-order valence-corrected chi connectivity index (χ0v) is 16.7. The van der Waals surface area contributed by atoms with Crippen molar-refractivity contribution in [3.63, 3.8) is 0 Å². The van der Waals surface area contributed by atoms with Crippen molar-refractivity contribution in [2.75, 3.05) is 19.6 Å². The first-order valence-corrected chi connectivity index (χ1v) is 10.3. The number of carbonyl (C=O) groups is 1. The van der Waals surface area contributed by atoms with E-state index in [1.165, 1.54) is 37.9 Å². The van der Waals surface area contributed by atoms with Crippen LogP contribution in [0.3, 0.4) is 0 Å². The molecule has 25 heavy (non-hydrogen) atoms. The largest absolute Gasteiger partial charge is 0.303 e. The first-order chi connectivity index (χ1) is 12.0. The second-order valence-electron chi connectivity index (χ2n) is 8.19. The van der Waals surface area contributed by atoms with E-state index in [4.69, 9.17) is 0 Å². The fraction of sp³-hybridized carbons (Fsp3) is 0.810. The topological polar surface area (TPSA) is 38.1 Å². The van der Waals surface area contributed by atoms with Crippen LogP contribution in [0.4, 0.5) is 0 Å². The molecule has 142 valence electrons. The molecule has 2 rings (SSSR count). The second kappa shape index (κ2) is 10.1. The molecule has 0 saturated carbocycles. The van der Waals surface area contributed by atoms with Gasteiger partial charge in [0, 0.05) is 31.6 Å². The van der Waals surface area contributed by atoms with E-state index in [1.54, 1.807) is 0 Å². The van der Waals surface area contributed by atoms with Gasteiger partial charge in [-0.2, -0.15) is 5.10 Å². The first kappa shape index (κ1) is 20.2. The lowest BCUT2D eigenvalue weighted by Gasteiger charge is -2.32. The van der Waals surface area contributed by atoms with Gasteiger partial charge in [0.15, 0.2) is 0 Å². The normalized spacial score (nSPS) is 20.1. The number of nitrogens with zero attached hydrogens (tertiary/aromatic N) is 3. The maximum atomic E-state index is 11.7. The SMILES string of the molecule is CCC(C)c1cnn(C[C@@H]2CCCN(CCCCC(=O)C(C)C)C2)c1. The summed E-state index contributed by atoms with van der Waals surface area (Å²) in [6, 6.07) is 0. The van der Waals surface area contributed by atoms with E-state index in [0.717, 1.165) is 32.4 Å². The Morgan fingerprint density at radius 3 is 2.84 bits per heavy atom. The third kappa shape index (κ3) is 6.58. The summed E-state index contributed by atoms with van der Waals surface area (Å²) in [6.45, 7) is 13.1. The lowest BCUT2D eigenvalue weighted by atomic mass is 9.97. The van der Waals surface area contributed by atoms with Gasteiger partial charge in [-0.1, -0.05) is 27.7 Å². The molecular formula is C21H37N3O. The van der Waals surface area contributed by atoms with Gasteiger partial charge in [-0.05, 0) is 62.6 Å². The van der Waals surface area contributed by atoms with Crippen molar-refractivity contribution < 1.29 is 4.79 Å². The Morgan fingerprint density at radius 1 is 1.32 bits per heavy atom. The first-order valence-electron chi connectivity index (χ1n) is 10.3. The van der Waals surface area contributed by atoms with Crippen LogP contribution in [0.2, 0.25) is 0 Å². The molecule has 0 bridgehead atoms. The van der Waals surface area contributed by atoms with Crippen LogP contribution in [0.1, 0.15) is 77.7 Å². The van der Waals surface area contributed by atoms with Gasteiger partial charge < -0.3 is 4.90 Å². The number of piperidine rings is 1. The number of aromatic nitrogens is 2. The Labute approximate surface area is 154 Å². The fourth-order valence-corrected chi connectivity index (χ4v) is 3.66. The maximum Gasteiger partial charge on any atom is 0.135 e. The number of rotatable bonds is 10. The molecule has 1 aliphatic rings. The summed E-state index contributed by atoms with van der Waals surface area (Å²) >= 11 is 0. The van der Waals surface area contributed by atoms with E-state index in [1.807, 2.05) is 20.0 Å². The molecule has 1 aliphatic heterocycles. The zero-order valence-electron chi connectivity index (χ0n) is 16.7. The standard InChI is InChI=1S/C21H37N3O/c1-5-18(4)20-13-22-24(16-20)15-19-9-8-12-23(14-19)11-7-6-10-21(25)17(2)3/h13,16-19H,5-12,14-15H2,1-4H3/t18?,19-/m1/s1. The highest BCUT2D eigenvalue weighted by atomic mass is 16.1. The highest BCUT2D eigenvalue weighted by Gasteiger charge is 2.20. The molecule has 4 nitrogen and oxygen atoms in total. The molecule has 0 radical (unpaired) electrons. The number of hydrogen-bond acceptors (Lipinski definition) is 3. The van der Waals surface area contributed by atoms with Crippen molar-refractivity contribution in [1.82, 2.24) is 14.7 Å². The lowest BCUT2D eigenvalue weighted by molar-refractivity contribution is -0.122. The molecule has 1 aromatic heterocycles. The van der Waals surface area contributed by atoms with Gasteiger partial charge >= 0.3 is 0 Å². The van der Waals surface area contributed by atoms with E-state index in [0.29, 0.717) is 17.6 Å². The van der Waals surface area contributed by atoms with Gasteiger partial charge in [0.05, 0.1) is 6.20 Å². The van der Waals surface area contributed by atoms with Crippen LogP contribution in [0.5, 0.6) is 0 Å². The van der Waals surface area contributed by atoms with E-state index >= 15 is 0 Å². The number of carbonyl (C=O) groups excluding carboxylic acids is 1. The van der Waals surface area contributed by atoms with Crippen molar-refractivity contribution in [3.8, 4) is 0 Å². The Balaban J connectivity index is 1.71. The fourth-order valence-electron chi connectivity index (χ4n) is 3.66. The average Bonchev–Trinajstić information content (AvgIpc) is 3.06. The Morgan fingerprint density at radius 2 is 2.12 bits per heavy atom. The van der Waals surface area contributed by atoms with Crippen LogP contribution in [0, 0.1) is 11.8 Å². The number of hydrogen-bond donors (Lipinski definition) is 0. The molecule has 0 aliphatic carbocycles. The average molecular weight is 348 g/mol. The van der Waals surface area contributed by atoms with Crippen LogP contribution < -0.4 is 0 Å². The molecule has 1 aromatic rings. The zero-order chi connectivity index (χ0) is 18.2. The predicted molar refractivity (Wildman–Crippen MR) is 104 cm³/mol. The van der Waals surface area contributed by atoms with Crippen LogP contribution in [-0.4, -0.2) is 40.1 Å². The summed E-state index contributed by atoms with van der Waals surface area (Å²) in [5.74, 6) is 1.90. The van der Waals surface area contributed by atoms with E-state index in [-0.39, 0.29) is 5.92 Å². The van der Waals surface area contributed by atoms with Crippen molar-refractivity contribution in [3.05, 3.63) is 18.0 Å². The summed E-state index contributed by atoms with van der Waals surface area (Å²) in [5, 5.41) is 4.58. The molecule has 2 atom stereocenters. The molecule has 2 heterocycles. The van der Waals surface area contributed by atoms with Crippen LogP contribution in [-0.2, 0) is 11.3 Å². The Kier molecular flexibility index (Phi) is 8.14. The number of ketones is 1. The van der Waals surface area contributed by atoms with Gasteiger partial charge in [0.1, 0.15) is 5.78 Å². The van der Waals surface area contributed by atoms with Crippen molar-refractivity contribution in [2.24, 2.45) is 11.8 Å². The highest BCUT2D eigenvalue weighted by Crippen LogP contribution is 2.21. The van der Waals surface area contributed by atoms with Crippen molar-refractivity contribution in [2.45, 2.75) is 78.7 Å². The molecule has 0 N–H and O–H groups in total. The second-order valence-corrected chi connectivity index (χ2v) is 8.19.